The predicted molar refractivity (Wildman–Crippen MR) is 143 cm³/mol. The van der Waals surface area contributed by atoms with E-state index in [0.717, 1.165) is 43.5 Å². The first kappa shape index (κ1) is 27.8. The number of fused-ring (bicyclic) bond motifs is 1. The first-order chi connectivity index (χ1) is 16.9. The lowest BCUT2D eigenvalue weighted by atomic mass is 9.99. The van der Waals surface area contributed by atoms with E-state index in [-0.39, 0.29) is 30.4 Å². The van der Waals surface area contributed by atoms with Gasteiger partial charge in [0.15, 0.2) is 5.58 Å². The van der Waals surface area contributed by atoms with Crippen molar-refractivity contribution in [3.05, 3.63) is 52.5 Å². The van der Waals surface area contributed by atoms with Crippen LogP contribution in [0.2, 0.25) is 0 Å². The van der Waals surface area contributed by atoms with E-state index in [1.165, 1.54) is 4.57 Å². The fraction of sp³-hybridized carbons (Fsp3) is 0.481. The Morgan fingerprint density at radius 3 is 2.72 bits per heavy atom. The maximum absolute atomic E-state index is 13.7. The summed E-state index contributed by atoms with van der Waals surface area (Å²) in [4.78, 5) is 27.6. The van der Waals surface area contributed by atoms with Crippen LogP contribution < -0.4 is 15.8 Å². The number of carbonyl (C=O) groups excluding carboxylic acids is 1. The molecule has 8 nitrogen and oxygen atoms in total. The molecule has 0 saturated carbocycles. The summed E-state index contributed by atoms with van der Waals surface area (Å²) in [5.41, 5.74) is 3.57. The number of rotatable bonds is 9. The van der Waals surface area contributed by atoms with E-state index in [1.807, 2.05) is 35.2 Å². The SMILES string of the molecule is COCCCOc1cc(C(=O)N(C(C)C)[C@@H]2CCCNC2)ccc1-c1ccc2oc(=O)n(C)c2c1.Cl. The van der Waals surface area contributed by atoms with Crippen molar-refractivity contribution in [2.24, 2.45) is 7.05 Å². The Bertz CT molecular complexity index is 1230. The molecule has 0 radical (unpaired) electrons. The zero-order chi connectivity index (χ0) is 24.9. The Morgan fingerprint density at radius 2 is 2.03 bits per heavy atom. The minimum absolute atomic E-state index is 0. The van der Waals surface area contributed by atoms with Gasteiger partial charge < -0.3 is 24.1 Å². The molecule has 0 bridgehead atoms. The highest BCUT2D eigenvalue weighted by molar-refractivity contribution is 5.96. The molecule has 1 fully saturated rings. The summed E-state index contributed by atoms with van der Waals surface area (Å²) in [7, 11) is 3.35. The third-order valence-corrected chi connectivity index (χ3v) is 6.54. The van der Waals surface area contributed by atoms with Gasteiger partial charge in [-0.3, -0.25) is 9.36 Å². The van der Waals surface area contributed by atoms with Crippen LogP contribution in [0.25, 0.3) is 22.2 Å². The highest BCUT2D eigenvalue weighted by atomic mass is 35.5. The maximum Gasteiger partial charge on any atom is 0.419 e. The molecule has 1 amide bonds. The zero-order valence-corrected chi connectivity index (χ0v) is 22.2. The van der Waals surface area contributed by atoms with Gasteiger partial charge in [0.05, 0.1) is 12.1 Å². The van der Waals surface area contributed by atoms with E-state index in [1.54, 1.807) is 20.2 Å². The van der Waals surface area contributed by atoms with Crippen LogP contribution in [0.1, 0.15) is 43.5 Å². The Morgan fingerprint density at radius 1 is 1.22 bits per heavy atom. The molecule has 1 N–H and O–H groups in total. The number of benzene rings is 2. The first-order valence-corrected chi connectivity index (χ1v) is 12.3. The molecule has 1 saturated heterocycles. The molecule has 36 heavy (non-hydrogen) atoms. The van der Waals surface area contributed by atoms with Crippen LogP contribution in [-0.4, -0.2) is 60.9 Å². The quantitative estimate of drug-likeness (QED) is 0.427. The second-order valence-corrected chi connectivity index (χ2v) is 9.32. The van der Waals surface area contributed by atoms with Crippen molar-refractivity contribution < 1.29 is 18.7 Å². The van der Waals surface area contributed by atoms with Crippen molar-refractivity contribution in [2.45, 2.75) is 45.2 Å². The molecule has 1 aromatic heterocycles. The summed E-state index contributed by atoms with van der Waals surface area (Å²) in [6, 6.07) is 11.5. The van der Waals surface area contributed by atoms with E-state index in [4.69, 9.17) is 13.9 Å². The number of oxazole rings is 1. The zero-order valence-electron chi connectivity index (χ0n) is 21.4. The number of nitrogens with one attached hydrogen (secondary N) is 1. The lowest BCUT2D eigenvalue weighted by molar-refractivity contribution is 0.0573. The third kappa shape index (κ3) is 5.94. The normalized spacial score (nSPS) is 15.6. The van der Waals surface area contributed by atoms with Gasteiger partial charge >= 0.3 is 5.76 Å². The fourth-order valence-corrected chi connectivity index (χ4v) is 4.73. The average Bonchev–Trinajstić information content (AvgIpc) is 3.15. The van der Waals surface area contributed by atoms with Crippen molar-refractivity contribution >= 4 is 29.4 Å². The van der Waals surface area contributed by atoms with Gasteiger partial charge in [0.1, 0.15) is 5.75 Å². The number of halogens is 1. The second-order valence-electron chi connectivity index (χ2n) is 9.32. The molecule has 4 rings (SSSR count). The molecular formula is C27H36ClN3O5. The number of hydrogen-bond acceptors (Lipinski definition) is 6. The number of aromatic nitrogens is 1. The molecular weight excluding hydrogens is 482 g/mol. The summed E-state index contributed by atoms with van der Waals surface area (Å²) >= 11 is 0. The number of methoxy groups -OCH3 is 1. The van der Waals surface area contributed by atoms with Crippen LogP contribution in [0.4, 0.5) is 0 Å². The molecule has 1 aliphatic rings. The number of carbonyl (C=O) groups is 1. The Kier molecular flexibility index (Phi) is 9.59. The van der Waals surface area contributed by atoms with Crippen molar-refractivity contribution in [2.75, 3.05) is 33.4 Å². The van der Waals surface area contributed by atoms with Crippen LogP contribution in [0.5, 0.6) is 5.75 Å². The molecule has 0 aliphatic carbocycles. The average molecular weight is 518 g/mol. The molecule has 0 unspecified atom stereocenters. The van der Waals surface area contributed by atoms with Crippen LogP contribution >= 0.6 is 12.4 Å². The summed E-state index contributed by atoms with van der Waals surface area (Å²) < 4.78 is 18.1. The minimum atomic E-state index is -0.403. The number of aryl methyl sites for hydroxylation is 1. The third-order valence-electron chi connectivity index (χ3n) is 6.54. The maximum atomic E-state index is 13.7. The van der Waals surface area contributed by atoms with Gasteiger partial charge in [-0.15, -0.1) is 12.4 Å². The van der Waals surface area contributed by atoms with Crippen LogP contribution in [0.15, 0.2) is 45.6 Å². The summed E-state index contributed by atoms with van der Waals surface area (Å²) in [5.74, 6) is 0.236. The number of hydrogen-bond donors (Lipinski definition) is 1. The molecule has 0 spiro atoms. The van der Waals surface area contributed by atoms with Crippen molar-refractivity contribution in [1.82, 2.24) is 14.8 Å². The molecule has 2 heterocycles. The first-order valence-electron chi connectivity index (χ1n) is 12.3. The van der Waals surface area contributed by atoms with Crippen molar-refractivity contribution in [3.63, 3.8) is 0 Å². The summed E-state index contributed by atoms with van der Waals surface area (Å²) in [6.07, 6.45) is 2.79. The number of piperidine rings is 1. The van der Waals surface area contributed by atoms with Gasteiger partial charge in [-0.2, -0.15) is 0 Å². The Labute approximate surface area is 218 Å². The highest BCUT2D eigenvalue weighted by Crippen LogP contribution is 2.34. The molecule has 3 aromatic rings. The van der Waals surface area contributed by atoms with Gasteiger partial charge in [0.25, 0.3) is 5.91 Å². The van der Waals surface area contributed by atoms with E-state index in [0.29, 0.717) is 35.6 Å². The molecule has 1 atom stereocenters. The van der Waals surface area contributed by atoms with E-state index >= 15 is 0 Å². The smallest absolute Gasteiger partial charge is 0.419 e. The predicted octanol–water partition coefficient (Wildman–Crippen LogP) is 4.24. The number of ether oxygens (including phenoxy) is 2. The van der Waals surface area contributed by atoms with Crippen molar-refractivity contribution in [3.8, 4) is 16.9 Å². The Hall–Kier alpha value is -2.81. The Balaban J connectivity index is 0.00000361. The van der Waals surface area contributed by atoms with Gasteiger partial charge in [-0.25, -0.2) is 4.79 Å². The number of nitrogens with zero attached hydrogens (tertiary/aromatic N) is 2. The van der Waals surface area contributed by atoms with Crippen LogP contribution in [-0.2, 0) is 11.8 Å². The highest BCUT2D eigenvalue weighted by Gasteiger charge is 2.29. The van der Waals surface area contributed by atoms with Gasteiger partial charge in [-0.05, 0) is 69.1 Å². The molecule has 196 valence electrons. The fourth-order valence-electron chi connectivity index (χ4n) is 4.73. The van der Waals surface area contributed by atoms with E-state index < -0.39 is 5.76 Å². The van der Waals surface area contributed by atoms with Crippen molar-refractivity contribution in [1.29, 1.82) is 0 Å². The van der Waals surface area contributed by atoms with Gasteiger partial charge in [0.2, 0.25) is 0 Å². The van der Waals surface area contributed by atoms with Gasteiger partial charge in [0, 0.05) is 56.9 Å². The lowest BCUT2D eigenvalue weighted by Crippen LogP contribution is -2.51. The monoisotopic (exact) mass is 517 g/mol. The van der Waals surface area contributed by atoms with Gasteiger partial charge in [-0.1, -0.05) is 6.07 Å². The topological polar surface area (TPSA) is 85.9 Å². The number of amides is 1. The molecule has 1 aliphatic heterocycles. The van der Waals surface area contributed by atoms with Crippen LogP contribution in [0.3, 0.4) is 0 Å². The summed E-state index contributed by atoms with van der Waals surface area (Å²) in [6.45, 7) is 6.99. The second kappa shape index (κ2) is 12.4. The van der Waals surface area contributed by atoms with E-state index in [2.05, 4.69) is 19.2 Å². The largest absolute Gasteiger partial charge is 0.493 e. The van der Waals surface area contributed by atoms with E-state index in [9.17, 15) is 9.59 Å². The standard InChI is InChI=1S/C27H35N3O5.ClH/c1-18(2)30(21-7-5-12-28-17-21)26(31)20-8-10-22(25(16-20)34-14-6-13-33-4)19-9-11-24-23(15-19)29(3)27(32)35-24;/h8-11,15-16,18,21,28H,5-7,12-14,17H2,1-4H3;1H/t21-;/m1./s1. The molecule has 9 heteroatoms. The molecule has 2 aromatic carbocycles. The summed E-state index contributed by atoms with van der Waals surface area (Å²) in [5, 5.41) is 3.42. The van der Waals surface area contributed by atoms with Crippen LogP contribution in [0, 0.1) is 0 Å². The lowest BCUT2D eigenvalue weighted by Gasteiger charge is -2.37. The minimum Gasteiger partial charge on any atom is -0.493 e.